The molecule has 0 aliphatic heterocycles. The number of hydrogen-bond acceptors (Lipinski definition) is 6. The maximum atomic E-state index is 11.7. The predicted molar refractivity (Wildman–Crippen MR) is 87.3 cm³/mol. The van der Waals surface area contributed by atoms with Gasteiger partial charge in [0.2, 0.25) is 0 Å². The van der Waals surface area contributed by atoms with Crippen LogP contribution in [-0.4, -0.2) is 30.8 Å². The number of nitro benzene ring substituents is 1. The number of methoxy groups -OCH3 is 1. The summed E-state index contributed by atoms with van der Waals surface area (Å²) in [5.41, 5.74) is 2.77. The van der Waals surface area contributed by atoms with Gasteiger partial charge in [0.05, 0.1) is 18.2 Å². The minimum absolute atomic E-state index is 0.0198. The first-order chi connectivity index (χ1) is 11.6. The fourth-order valence-electron chi connectivity index (χ4n) is 1.85. The van der Waals surface area contributed by atoms with Crippen LogP contribution in [0.2, 0.25) is 0 Å². The number of para-hydroxylation sites is 3. The molecule has 124 valence electrons. The molecule has 1 N–H and O–H groups in total. The molecule has 2 aromatic carbocycles. The van der Waals surface area contributed by atoms with E-state index in [0.29, 0.717) is 11.3 Å². The molecule has 24 heavy (non-hydrogen) atoms. The molecule has 8 nitrogen and oxygen atoms in total. The Morgan fingerprint density at radius 3 is 2.58 bits per heavy atom. The van der Waals surface area contributed by atoms with Crippen LogP contribution < -0.4 is 14.9 Å². The number of hydrogen-bond donors (Lipinski definition) is 1. The number of amides is 1. The Bertz CT molecular complexity index is 761. The third kappa shape index (κ3) is 4.54. The molecule has 0 radical (unpaired) electrons. The normalized spacial score (nSPS) is 10.4. The zero-order valence-corrected chi connectivity index (χ0v) is 12.8. The summed E-state index contributed by atoms with van der Waals surface area (Å²) in [6, 6.07) is 13.0. The maximum absolute atomic E-state index is 11.7. The van der Waals surface area contributed by atoms with Gasteiger partial charge in [0.1, 0.15) is 5.75 Å². The van der Waals surface area contributed by atoms with Crippen LogP contribution in [0.4, 0.5) is 5.69 Å². The summed E-state index contributed by atoms with van der Waals surface area (Å²) in [6.45, 7) is -0.395. The third-order valence-corrected chi connectivity index (χ3v) is 2.95. The van der Waals surface area contributed by atoms with Gasteiger partial charge in [-0.15, -0.1) is 0 Å². The maximum Gasteiger partial charge on any atom is 0.310 e. The molecular formula is C16H15N3O5. The first-order valence-corrected chi connectivity index (χ1v) is 6.93. The monoisotopic (exact) mass is 329 g/mol. The zero-order valence-electron chi connectivity index (χ0n) is 12.8. The number of ether oxygens (including phenoxy) is 2. The molecule has 8 heteroatoms. The van der Waals surface area contributed by atoms with Crippen molar-refractivity contribution in [1.29, 1.82) is 0 Å². The second kappa shape index (κ2) is 8.28. The van der Waals surface area contributed by atoms with E-state index in [0.717, 1.165) is 0 Å². The van der Waals surface area contributed by atoms with Gasteiger partial charge in [-0.2, -0.15) is 5.10 Å². The van der Waals surface area contributed by atoms with Gasteiger partial charge in [0, 0.05) is 11.6 Å². The van der Waals surface area contributed by atoms with Crippen LogP contribution in [0.1, 0.15) is 5.56 Å². The fraction of sp³-hybridized carbons (Fsp3) is 0.125. The molecular weight excluding hydrogens is 314 g/mol. The lowest BCUT2D eigenvalue weighted by atomic mass is 10.2. The summed E-state index contributed by atoms with van der Waals surface area (Å²) in [5.74, 6) is 0.0947. The molecule has 0 atom stereocenters. The average Bonchev–Trinajstić information content (AvgIpc) is 2.60. The molecule has 1 amide bonds. The molecule has 0 saturated heterocycles. The van der Waals surface area contributed by atoms with E-state index in [2.05, 4.69) is 10.5 Å². The van der Waals surface area contributed by atoms with Crippen LogP contribution in [0, 0.1) is 10.1 Å². The minimum Gasteiger partial charge on any atom is -0.496 e. The summed E-state index contributed by atoms with van der Waals surface area (Å²) in [5, 5.41) is 14.6. The molecule has 2 aromatic rings. The van der Waals surface area contributed by atoms with Crippen molar-refractivity contribution < 1.29 is 19.2 Å². The summed E-state index contributed by atoms with van der Waals surface area (Å²) >= 11 is 0. The van der Waals surface area contributed by atoms with Gasteiger partial charge in [0.25, 0.3) is 5.91 Å². The standard InChI is InChI=1S/C16H15N3O5/c1-23-14-8-4-2-6-12(14)10-17-18-16(20)11-24-15-9-5-3-7-13(15)19(21)22/h2-10H,11H2,1H3,(H,18,20)/b17-10+. The van der Waals surface area contributed by atoms with Crippen molar-refractivity contribution in [1.82, 2.24) is 5.43 Å². The molecule has 0 bridgehead atoms. The largest absolute Gasteiger partial charge is 0.496 e. The van der Waals surface area contributed by atoms with E-state index in [1.807, 2.05) is 12.1 Å². The summed E-state index contributed by atoms with van der Waals surface area (Å²) < 4.78 is 10.3. The lowest BCUT2D eigenvalue weighted by Gasteiger charge is -2.05. The van der Waals surface area contributed by atoms with E-state index in [1.165, 1.54) is 31.5 Å². The quantitative estimate of drug-likeness (QED) is 0.476. The number of benzene rings is 2. The number of nitrogens with one attached hydrogen (secondary N) is 1. The Kier molecular flexibility index (Phi) is 5.84. The summed E-state index contributed by atoms with van der Waals surface area (Å²) in [7, 11) is 1.53. The molecule has 0 fully saturated rings. The predicted octanol–water partition coefficient (Wildman–Crippen LogP) is 2.13. The van der Waals surface area contributed by atoms with Gasteiger partial charge < -0.3 is 9.47 Å². The smallest absolute Gasteiger partial charge is 0.310 e. The molecule has 0 aliphatic carbocycles. The van der Waals surface area contributed by atoms with Crippen molar-refractivity contribution in [2.24, 2.45) is 5.10 Å². The molecule has 0 saturated carbocycles. The second-order valence-electron chi connectivity index (χ2n) is 4.55. The van der Waals surface area contributed by atoms with E-state index >= 15 is 0 Å². The molecule has 0 spiro atoms. The molecule has 0 unspecified atom stereocenters. The van der Waals surface area contributed by atoms with Crippen LogP contribution in [0.15, 0.2) is 53.6 Å². The zero-order chi connectivity index (χ0) is 17.4. The highest BCUT2D eigenvalue weighted by atomic mass is 16.6. The fourth-order valence-corrected chi connectivity index (χ4v) is 1.85. The van der Waals surface area contributed by atoms with Gasteiger partial charge in [-0.05, 0) is 18.2 Å². The number of carbonyl (C=O) groups is 1. The minimum atomic E-state index is -0.576. The van der Waals surface area contributed by atoms with Crippen LogP contribution in [0.3, 0.4) is 0 Å². The molecule has 2 rings (SSSR count). The Labute approximate surface area is 137 Å². The topological polar surface area (TPSA) is 103 Å². The van der Waals surface area contributed by atoms with Crippen LogP contribution in [-0.2, 0) is 4.79 Å². The van der Waals surface area contributed by atoms with Crippen molar-refractivity contribution in [2.45, 2.75) is 0 Å². The van der Waals surface area contributed by atoms with Gasteiger partial charge in [-0.1, -0.05) is 24.3 Å². The van der Waals surface area contributed by atoms with Gasteiger partial charge in [-0.25, -0.2) is 5.43 Å². The Morgan fingerprint density at radius 1 is 1.21 bits per heavy atom. The average molecular weight is 329 g/mol. The van der Waals surface area contributed by atoms with Crippen molar-refractivity contribution in [2.75, 3.05) is 13.7 Å². The molecule has 0 aliphatic rings. The number of carbonyl (C=O) groups excluding carboxylic acids is 1. The Hall–Kier alpha value is -3.42. The van der Waals surface area contributed by atoms with Crippen LogP contribution >= 0.6 is 0 Å². The molecule has 0 aromatic heterocycles. The van der Waals surface area contributed by atoms with Crippen LogP contribution in [0.5, 0.6) is 11.5 Å². The highest BCUT2D eigenvalue weighted by Gasteiger charge is 2.14. The van der Waals surface area contributed by atoms with Crippen molar-refractivity contribution >= 4 is 17.8 Å². The molecule has 0 heterocycles. The summed E-state index contributed by atoms with van der Waals surface area (Å²) in [4.78, 5) is 22.0. The van der Waals surface area contributed by atoms with Crippen molar-refractivity contribution in [3.8, 4) is 11.5 Å². The first-order valence-electron chi connectivity index (χ1n) is 6.93. The highest BCUT2D eigenvalue weighted by Crippen LogP contribution is 2.25. The second-order valence-corrected chi connectivity index (χ2v) is 4.55. The van der Waals surface area contributed by atoms with E-state index in [9.17, 15) is 14.9 Å². The summed E-state index contributed by atoms with van der Waals surface area (Å²) in [6.07, 6.45) is 1.43. The van der Waals surface area contributed by atoms with Gasteiger partial charge in [0.15, 0.2) is 12.4 Å². The van der Waals surface area contributed by atoms with E-state index < -0.39 is 17.4 Å². The van der Waals surface area contributed by atoms with Gasteiger partial charge in [-0.3, -0.25) is 14.9 Å². The number of nitrogens with zero attached hydrogens (tertiary/aromatic N) is 2. The van der Waals surface area contributed by atoms with E-state index in [-0.39, 0.29) is 11.4 Å². The third-order valence-electron chi connectivity index (χ3n) is 2.95. The Balaban J connectivity index is 1.90. The lowest BCUT2D eigenvalue weighted by Crippen LogP contribution is -2.24. The van der Waals surface area contributed by atoms with Crippen molar-refractivity contribution in [3.05, 3.63) is 64.2 Å². The number of hydrazone groups is 1. The van der Waals surface area contributed by atoms with Crippen molar-refractivity contribution in [3.63, 3.8) is 0 Å². The first kappa shape index (κ1) is 16.9. The van der Waals surface area contributed by atoms with E-state index in [1.54, 1.807) is 18.2 Å². The lowest BCUT2D eigenvalue weighted by molar-refractivity contribution is -0.385. The van der Waals surface area contributed by atoms with E-state index in [4.69, 9.17) is 9.47 Å². The van der Waals surface area contributed by atoms with Crippen LogP contribution in [0.25, 0.3) is 0 Å². The highest BCUT2D eigenvalue weighted by molar-refractivity contribution is 5.85. The number of nitro groups is 1. The van der Waals surface area contributed by atoms with Gasteiger partial charge >= 0.3 is 5.69 Å². The number of rotatable bonds is 7. The Morgan fingerprint density at radius 2 is 1.88 bits per heavy atom. The SMILES string of the molecule is COc1ccccc1/C=N/NC(=O)COc1ccccc1[N+](=O)[O-].